The van der Waals surface area contributed by atoms with E-state index in [1.807, 2.05) is 11.9 Å². The Morgan fingerprint density at radius 3 is 2.23 bits per heavy atom. The Kier molecular flexibility index (Phi) is 6.13. The molecule has 1 aromatic carbocycles. The van der Waals surface area contributed by atoms with Crippen molar-refractivity contribution in [3.8, 4) is 0 Å². The van der Waals surface area contributed by atoms with Gasteiger partial charge >= 0.3 is 0 Å². The summed E-state index contributed by atoms with van der Waals surface area (Å²) in [4.78, 5) is 29.2. The first-order chi connectivity index (χ1) is 14.3. The highest BCUT2D eigenvalue weighted by Gasteiger charge is 2.36. The largest absolute Gasteiger partial charge is 0.342 e. The molecule has 0 bridgehead atoms. The van der Waals surface area contributed by atoms with E-state index < -0.39 is 10.0 Å². The number of amides is 2. The molecule has 30 heavy (non-hydrogen) atoms. The fourth-order valence-electron chi connectivity index (χ4n) is 4.11. The van der Waals surface area contributed by atoms with Crippen LogP contribution in [0.5, 0.6) is 0 Å². The number of likely N-dealkylation sites (N-methyl/N-ethyl adjacent to an activating group) is 1. The van der Waals surface area contributed by atoms with Crippen molar-refractivity contribution in [1.82, 2.24) is 14.1 Å². The number of nitrogens with zero attached hydrogens (tertiary/aromatic N) is 3. The topological polar surface area (TPSA) is 90.0 Å². The first kappa shape index (κ1) is 21.3. The number of piperazine rings is 1. The van der Waals surface area contributed by atoms with Gasteiger partial charge in [-0.2, -0.15) is 4.31 Å². The van der Waals surface area contributed by atoms with E-state index in [0.29, 0.717) is 25.3 Å². The summed E-state index contributed by atoms with van der Waals surface area (Å²) in [6, 6.07) is 6.37. The molecule has 0 radical (unpaired) electrons. The number of likely N-dealkylation sites (tertiary alicyclic amines) is 1. The standard InChI is InChI=1S/C21H30N4O4S/c1-23-11-13-25(14-12-23)30(28,29)19-8-6-18(7-9-19)22-20(26)17-3-2-10-24(15-17)21(27)16-4-5-16/h6-9,16-17H,2-5,10-15H2,1H3,(H,22,26). The lowest BCUT2D eigenvalue weighted by Gasteiger charge is -2.32. The van der Waals surface area contributed by atoms with Crippen molar-refractivity contribution < 1.29 is 18.0 Å². The minimum atomic E-state index is -3.52. The van der Waals surface area contributed by atoms with Gasteiger partial charge in [0.1, 0.15) is 0 Å². The lowest BCUT2D eigenvalue weighted by molar-refractivity contribution is -0.135. The Bertz CT molecular complexity index is 890. The molecule has 3 aliphatic rings. The van der Waals surface area contributed by atoms with E-state index in [1.54, 1.807) is 24.3 Å². The number of anilines is 1. The molecule has 0 aromatic heterocycles. The second-order valence-corrected chi connectivity index (χ2v) is 10.6. The highest BCUT2D eigenvalue weighted by Crippen LogP contribution is 2.32. The molecule has 8 nitrogen and oxygen atoms in total. The average molecular weight is 435 g/mol. The minimum absolute atomic E-state index is 0.113. The van der Waals surface area contributed by atoms with E-state index in [9.17, 15) is 18.0 Å². The first-order valence-electron chi connectivity index (χ1n) is 10.7. The molecule has 2 aliphatic heterocycles. The number of nitrogens with one attached hydrogen (secondary N) is 1. The van der Waals surface area contributed by atoms with Crippen LogP contribution in [0.15, 0.2) is 29.2 Å². The second-order valence-electron chi connectivity index (χ2n) is 8.62. The van der Waals surface area contributed by atoms with Crippen LogP contribution in [0.4, 0.5) is 5.69 Å². The van der Waals surface area contributed by atoms with Crippen LogP contribution >= 0.6 is 0 Å². The number of rotatable bonds is 5. The Labute approximate surface area is 178 Å². The fourth-order valence-corrected chi connectivity index (χ4v) is 5.53. The predicted molar refractivity (Wildman–Crippen MR) is 113 cm³/mol. The van der Waals surface area contributed by atoms with Crippen LogP contribution in [0.2, 0.25) is 0 Å². The molecule has 164 valence electrons. The van der Waals surface area contributed by atoms with E-state index in [-0.39, 0.29) is 28.5 Å². The zero-order valence-corrected chi connectivity index (χ0v) is 18.2. The lowest BCUT2D eigenvalue weighted by atomic mass is 9.96. The van der Waals surface area contributed by atoms with Crippen LogP contribution < -0.4 is 5.32 Å². The maximum absolute atomic E-state index is 12.8. The van der Waals surface area contributed by atoms with Gasteiger partial charge in [-0.3, -0.25) is 9.59 Å². The van der Waals surface area contributed by atoms with Crippen LogP contribution in [0.1, 0.15) is 25.7 Å². The van der Waals surface area contributed by atoms with Crippen molar-refractivity contribution in [2.75, 3.05) is 51.6 Å². The molecule has 2 amide bonds. The van der Waals surface area contributed by atoms with E-state index in [0.717, 1.165) is 45.3 Å². The van der Waals surface area contributed by atoms with E-state index >= 15 is 0 Å². The number of carbonyl (C=O) groups excluding carboxylic acids is 2. The quantitative estimate of drug-likeness (QED) is 0.752. The van der Waals surface area contributed by atoms with Crippen molar-refractivity contribution in [2.24, 2.45) is 11.8 Å². The summed E-state index contributed by atoms with van der Waals surface area (Å²) in [5.41, 5.74) is 0.572. The van der Waals surface area contributed by atoms with E-state index in [4.69, 9.17) is 0 Å². The van der Waals surface area contributed by atoms with Gasteiger partial charge in [0.05, 0.1) is 10.8 Å². The SMILES string of the molecule is CN1CCN(S(=O)(=O)c2ccc(NC(=O)C3CCCN(C(=O)C4CC4)C3)cc2)CC1. The smallest absolute Gasteiger partial charge is 0.243 e. The average Bonchev–Trinajstić information content (AvgIpc) is 3.59. The van der Waals surface area contributed by atoms with Crippen LogP contribution in [-0.2, 0) is 19.6 Å². The minimum Gasteiger partial charge on any atom is -0.342 e. The molecule has 4 rings (SSSR count). The number of sulfonamides is 1. The third-order valence-electron chi connectivity index (χ3n) is 6.25. The highest BCUT2D eigenvalue weighted by molar-refractivity contribution is 7.89. The van der Waals surface area contributed by atoms with Gasteiger partial charge in [0.15, 0.2) is 0 Å². The molecule has 0 spiro atoms. The monoisotopic (exact) mass is 434 g/mol. The van der Waals surface area contributed by atoms with Crippen molar-refractivity contribution in [2.45, 2.75) is 30.6 Å². The molecule has 1 aromatic rings. The van der Waals surface area contributed by atoms with Gasteiger partial charge < -0.3 is 15.1 Å². The van der Waals surface area contributed by atoms with Gasteiger partial charge in [-0.05, 0) is 57.0 Å². The summed E-state index contributed by atoms with van der Waals surface area (Å²) >= 11 is 0. The zero-order valence-electron chi connectivity index (χ0n) is 17.4. The Morgan fingerprint density at radius 2 is 1.60 bits per heavy atom. The second kappa shape index (κ2) is 8.64. The summed E-state index contributed by atoms with van der Waals surface area (Å²) < 4.78 is 27.1. The number of benzene rings is 1. The van der Waals surface area contributed by atoms with Gasteiger partial charge in [0.25, 0.3) is 0 Å². The third kappa shape index (κ3) is 4.68. The molecule has 3 fully saturated rings. The van der Waals surface area contributed by atoms with Gasteiger partial charge in [0.2, 0.25) is 21.8 Å². The number of carbonyl (C=O) groups is 2. The fraction of sp³-hybridized carbons (Fsp3) is 0.619. The third-order valence-corrected chi connectivity index (χ3v) is 8.17. The molecule has 1 atom stereocenters. The first-order valence-corrected chi connectivity index (χ1v) is 12.2. The number of hydrogen-bond acceptors (Lipinski definition) is 5. The van der Waals surface area contributed by atoms with Crippen molar-refractivity contribution >= 4 is 27.5 Å². The molecule has 1 N–H and O–H groups in total. The predicted octanol–water partition coefficient (Wildman–Crippen LogP) is 1.21. The van der Waals surface area contributed by atoms with Crippen LogP contribution in [-0.4, -0.2) is 80.7 Å². The molecule has 1 unspecified atom stereocenters. The van der Waals surface area contributed by atoms with Gasteiger partial charge in [-0.1, -0.05) is 0 Å². The van der Waals surface area contributed by atoms with Crippen molar-refractivity contribution in [1.29, 1.82) is 0 Å². The summed E-state index contributed by atoms with van der Waals surface area (Å²) in [5, 5.41) is 2.89. The Balaban J connectivity index is 1.36. The Morgan fingerprint density at radius 1 is 0.933 bits per heavy atom. The lowest BCUT2D eigenvalue weighted by Crippen LogP contribution is -2.47. The maximum atomic E-state index is 12.8. The van der Waals surface area contributed by atoms with Gasteiger partial charge in [-0.25, -0.2) is 8.42 Å². The van der Waals surface area contributed by atoms with Gasteiger partial charge in [0, 0.05) is 50.9 Å². The van der Waals surface area contributed by atoms with Crippen LogP contribution in [0, 0.1) is 11.8 Å². The molecule has 2 heterocycles. The molecule has 2 saturated heterocycles. The molecule has 1 saturated carbocycles. The summed E-state index contributed by atoms with van der Waals surface area (Å²) in [6.07, 6.45) is 3.53. The number of hydrogen-bond donors (Lipinski definition) is 1. The summed E-state index contributed by atoms with van der Waals surface area (Å²) in [6.45, 7) is 3.60. The van der Waals surface area contributed by atoms with E-state index in [1.165, 1.54) is 4.31 Å². The summed E-state index contributed by atoms with van der Waals surface area (Å²) in [5.74, 6) is 0.0146. The van der Waals surface area contributed by atoms with Crippen LogP contribution in [0.25, 0.3) is 0 Å². The van der Waals surface area contributed by atoms with Crippen molar-refractivity contribution in [3.63, 3.8) is 0 Å². The number of piperidine rings is 1. The highest BCUT2D eigenvalue weighted by atomic mass is 32.2. The molecular formula is C21H30N4O4S. The summed E-state index contributed by atoms with van der Waals surface area (Å²) in [7, 11) is -1.54. The molecular weight excluding hydrogens is 404 g/mol. The maximum Gasteiger partial charge on any atom is 0.243 e. The van der Waals surface area contributed by atoms with Crippen LogP contribution in [0.3, 0.4) is 0 Å². The normalized spacial score (nSPS) is 23.9. The molecule has 9 heteroatoms. The van der Waals surface area contributed by atoms with Crippen molar-refractivity contribution in [3.05, 3.63) is 24.3 Å². The van der Waals surface area contributed by atoms with E-state index in [2.05, 4.69) is 10.2 Å². The molecule has 1 aliphatic carbocycles. The Hall–Kier alpha value is -1.97. The zero-order chi connectivity index (χ0) is 21.3. The van der Waals surface area contributed by atoms with Gasteiger partial charge in [-0.15, -0.1) is 0 Å².